The number of hydrogen-bond acceptors (Lipinski definition) is 5. The van der Waals surface area contributed by atoms with Crippen LogP contribution in [0, 0.1) is 21.8 Å². The average Bonchev–Trinajstić information content (AvgIpc) is 2.38. The summed E-state index contributed by atoms with van der Waals surface area (Å²) in [6, 6.07) is 2.46. The monoisotopic (exact) mass is 368 g/mol. The highest BCUT2D eigenvalue weighted by Crippen LogP contribution is 2.38. The average molecular weight is 369 g/mol. The minimum atomic E-state index is -0.674. The molecule has 114 valence electrons. The molecule has 1 aromatic carbocycles. The fraction of sp³-hybridized carbons (Fsp3) is 0.286. The van der Waals surface area contributed by atoms with Crippen LogP contribution in [-0.4, -0.2) is 15.9 Å². The highest BCUT2D eigenvalue weighted by atomic mass is 79.9. The third-order valence-corrected chi connectivity index (χ3v) is 4.29. The minimum absolute atomic E-state index is 0.114. The lowest BCUT2D eigenvalue weighted by Crippen LogP contribution is -2.26. The number of nitrogens with zero attached hydrogens (tertiary/aromatic N) is 2. The quantitative estimate of drug-likeness (QED) is 0.468. The van der Waals surface area contributed by atoms with Gasteiger partial charge in [0.1, 0.15) is 12.0 Å². The molecule has 3 rings (SSSR count). The van der Waals surface area contributed by atoms with E-state index in [0.717, 1.165) is 18.7 Å². The standard InChI is InChI=1S/C14H10BrFN2O4/c15-9-4-8-11(5-10(9)16)17-6-12(18(20)21)13(8)22-14(19)7-2-1-3-7/h4-7H,1-3H2. The fourth-order valence-electron chi connectivity index (χ4n) is 2.22. The Balaban J connectivity index is 2.14. The Morgan fingerprint density at radius 1 is 1.45 bits per heavy atom. The van der Waals surface area contributed by atoms with E-state index in [-0.39, 0.29) is 27.0 Å². The van der Waals surface area contributed by atoms with Gasteiger partial charge in [-0.2, -0.15) is 0 Å². The van der Waals surface area contributed by atoms with Crippen LogP contribution < -0.4 is 4.74 Å². The van der Waals surface area contributed by atoms with E-state index in [1.54, 1.807) is 0 Å². The molecular formula is C14H10BrFN2O4. The lowest BCUT2D eigenvalue weighted by Gasteiger charge is -2.23. The molecule has 1 aromatic heterocycles. The third-order valence-electron chi connectivity index (χ3n) is 3.68. The predicted octanol–water partition coefficient (Wildman–Crippen LogP) is 3.75. The summed E-state index contributed by atoms with van der Waals surface area (Å²) in [5.41, 5.74) is -0.235. The molecule has 0 radical (unpaired) electrons. The van der Waals surface area contributed by atoms with Gasteiger partial charge >= 0.3 is 11.7 Å². The first-order valence-electron chi connectivity index (χ1n) is 6.61. The van der Waals surface area contributed by atoms with Gasteiger partial charge in [-0.25, -0.2) is 9.37 Å². The summed E-state index contributed by atoms with van der Waals surface area (Å²) in [5, 5.41) is 11.4. The van der Waals surface area contributed by atoms with Gasteiger partial charge in [-0.15, -0.1) is 0 Å². The number of carbonyl (C=O) groups is 1. The molecule has 0 unspecified atom stereocenters. The maximum absolute atomic E-state index is 13.6. The number of ether oxygens (including phenoxy) is 1. The van der Waals surface area contributed by atoms with Gasteiger partial charge in [-0.1, -0.05) is 6.42 Å². The van der Waals surface area contributed by atoms with E-state index in [2.05, 4.69) is 20.9 Å². The molecular weight excluding hydrogens is 359 g/mol. The second-order valence-corrected chi connectivity index (χ2v) is 5.92. The summed E-state index contributed by atoms with van der Waals surface area (Å²) in [7, 11) is 0. The van der Waals surface area contributed by atoms with Crippen molar-refractivity contribution in [1.82, 2.24) is 4.98 Å². The Bertz CT molecular complexity index is 792. The summed E-state index contributed by atoms with van der Waals surface area (Å²) in [5.74, 6) is -1.47. The number of fused-ring (bicyclic) bond motifs is 1. The predicted molar refractivity (Wildman–Crippen MR) is 79.0 cm³/mol. The number of hydrogen-bond donors (Lipinski definition) is 0. The third kappa shape index (κ3) is 2.54. The maximum Gasteiger partial charge on any atom is 0.330 e. The van der Waals surface area contributed by atoms with Crippen LogP contribution in [0.1, 0.15) is 19.3 Å². The van der Waals surface area contributed by atoms with Crippen LogP contribution in [0.2, 0.25) is 0 Å². The van der Waals surface area contributed by atoms with Crippen molar-refractivity contribution in [2.45, 2.75) is 19.3 Å². The van der Waals surface area contributed by atoms with E-state index >= 15 is 0 Å². The van der Waals surface area contributed by atoms with Crippen molar-refractivity contribution in [3.05, 3.63) is 38.7 Å². The SMILES string of the molecule is O=C(Oc1c([N+](=O)[O-])cnc2cc(F)c(Br)cc12)C1CCC1. The van der Waals surface area contributed by atoms with E-state index in [1.165, 1.54) is 6.07 Å². The molecule has 0 atom stereocenters. The second kappa shape index (κ2) is 5.60. The van der Waals surface area contributed by atoms with E-state index < -0.39 is 22.4 Å². The van der Waals surface area contributed by atoms with Crippen molar-refractivity contribution in [3.8, 4) is 5.75 Å². The second-order valence-electron chi connectivity index (χ2n) is 5.06. The Morgan fingerprint density at radius 3 is 2.77 bits per heavy atom. The first-order chi connectivity index (χ1) is 10.5. The van der Waals surface area contributed by atoms with Gasteiger partial charge in [-0.05, 0) is 34.8 Å². The molecule has 0 N–H and O–H groups in total. The van der Waals surface area contributed by atoms with E-state index in [0.29, 0.717) is 12.8 Å². The zero-order valence-electron chi connectivity index (χ0n) is 11.2. The number of benzene rings is 1. The lowest BCUT2D eigenvalue weighted by atomic mass is 9.86. The largest absolute Gasteiger partial charge is 0.418 e. The van der Waals surface area contributed by atoms with Crippen LogP contribution in [-0.2, 0) is 4.79 Å². The van der Waals surface area contributed by atoms with Gasteiger partial charge in [0, 0.05) is 6.07 Å². The number of aromatic nitrogens is 1. The van der Waals surface area contributed by atoms with Gasteiger partial charge in [0.2, 0.25) is 5.75 Å². The number of pyridine rings is 1. The normalized spacial score (nSPS) is 14.6. The molecule has 0 saturated heterocycles. The first kappa shape index (κ1) is 14.8. The van der Waals surface area contributed by atoms with E-state index in [4.69, 9.17) is 4.74 Å². The van der Waals surface area contributed by atoms with Gasteiger partial charge < -0.3 is 4.74 Å². The van der Waals surface area contributed by atoms with Crippen LogP contribution in [0.5, 0.6) is 5.75 Å². The van der Waals surface area contributed by atoms with Gasteiger partial charge in [0.15, 0.2) is 0 Å². The smallest absolute Gasteiger partial charge is 0.330 e. The van der Waals surface area contributed by atoms with Gasteiger partial charge in [-0.3, -0.25) is 14.9 Å². The van der Waals surface area contributed by atoms with Gasteiger partial charge in [0.05, 0.1) is 26.2 Å². The Labute approximate surface area is 132 Å². The molecule has 0 aliphatic heterocycles. The summed E-state index contributed by atoms with van der Waals surface area (Å²) in [4.78, 5) is 26.3. The molecule has 6 nitrogen and oxygen atoms in total. The van der Waals surface area contributed by atoms with Crippen molar-refractivity contribution in [2.75, 3.05) is 0 Å². The maximum atomic E-state index is 13.6. The minimum Gasteiger partial charge on any atom is -0.418 e. The van der Waals surface area contributed by atoms with Crippen molar-refractivity contribution >= 4 is 38.5 Å². The molecule has 0 spiro atoms. The number of halogens is 2. The first-order valence-corrected chi connectivity index (χ1v) is 7.40. The summed E-state index contributed by atoms with van der Waals surface area (Å²) >= 11 is 3.02. The highest BCUT2D eigenvalue weighted by Gasteiger charge is 2.30. The van der Waals surface area contributed by atoms with E-state index in [1.807, 2.05) is 0 Å². The summed E-state index contributed by atoms with van der Waals surface area (Å²) < 4.78 is 18.9. The molecule has 1 saturated carbocycles. The van der Waals surface area contributed by atoms with Crippen LogP contribution in [0.25, 0.3) is 10.9 Å². The number of nitro groups is 1. The van der Waals surface area contributed by atoms with Crippen LogP contribution in [0.3, 0.4) is 0 Å². The Hall–Kier alpha value is -2.09. The molecule has 8 heteroatoms. The Morgan fingerprint density at radius 2 is 2.18 bits per heavy atom. The van der Waals surface area contributed by atoms with Crippen LogP contribution in [0.4, 0.5) is 10.1 Å². The number of esters is 1. The van der Waals surface area contributed by atoms with Crippen molar-refractivity contribution in [2.24, 2.45) is 5.92 Å². The van der Waals surface area contributed by atoms with Crippen molar-refractivity contribution < 1.29 is 18.8 Å². The molecule has 0 bridgehead atoms. The van der Waals surface area contributed by atoms with Crippen molar-refractivity contribution in [1.29, 1.82) is 0 Å². The number of carbonyl (C=O) groups excluding carboxylic acids is 1. The highest BCUT2D eigenvalue weighted by molar-refractivity contribution is 9.10. The fourth-order valence-corrected chi connectivity index (χ4v) is 2.56. The van der Waals surface area contributed by atoms with Gasteiger partial charge in [0.25, 0.3) is 0 Å². The Kier molecular flexibility index (Phi) is 3.78. The van der Waals surface area contributed by atoms with E-state index in [9.17, 15) is 19.3 Å². The topological polar surface area (TPSA) is 82.3 Å². The molecule has 1 aliphatic carbocycles. The molecule has 1 fully saturated rings. The molecule has 0 amide bonds. The van der Waals surface area contributed by atoms with Crippen LogP contribution in [0.15, 0.2) is 22.8 Å². The molecule has 22 heavy (non-hydrogen) atoms. The summed E-state index contributed by atoms with van der Waals surface area (Å²) in [6.45, 7) is 0. The zero-order valence-corrected chi connectivity index (χ0v) is 12.8. The zero-order chi connectivity index (χ0) is 15.9. The lowest BCUT2D eigenvalue weighted by molar-refractivity contribution is -0.385. The van der Waals surface area contributed by atoms with Crippen molar-refractivity contribution in [3.63, 3.8) is 0 Å². The molecule has 2 aromatic rings. The molecule has 1 heterocycles. The number of rotatable bonds is 3. The molecule has 1 aliphatic rings. The van der Waals surface area contributed by atoms with Crippen LogP contribution >= 0.6 is 15.9 Å². The summed E-state index contributed by atoms with van der Waals surface area (Å²) in [6.07, 6.45) is 3.34.